The zero-order valence-corrected chi connectivity index (χ0v) is 19.9. The number of anilines is 3. The van der Waals surface area contributed by atoms with Crippen molar-refractivity contribution in [3.8, 4) is 0 Å². The second kappa shape index (κ2) is 14.6. The zero-order valence-electron chi connectivity index (χ0n) is 19.9. The molecule has 1 aromatic heterocycles. The van der Waals surface area contributed by atoms with E-state index in [1.807, 2.05) is 6.07 Å². The third-order valence-corrected chi connectivity index (χ3v) is 5.45. The monoisotopic (exact) mass is 457 g/mol. The number of hydrogen-bond acceptors (Lipinski definition) is 9. The van der Waals surface area contributed by atoms with Crippen molar-refractivity contribution in [1.29, 1.82) is 0 Å². The van der Waals surface area contributed by atoms with Gasteiger partial charge in [-0.2, -0.15) is 15.0 Å². The lowest BCUT2D eigenvalue weighted by Crippen LogP contribution is -2.29. The first-order valence-electron chi connectivity index (χ1n) is 12.2. The van der Waals surface area contributed by atoms with Gasteiger partial charge in [0.25, 0.3) is 0 Å². The first-order valence-corrected chi connectivity index (χ1v) is 12.2. The lowest BCUT2D eigenvalue weighted by Gasteiger charge is -2.25. The Bertz CT molecular complexity index is 788. The maximum atomic E-state index is 5.62. The first-order chi connectivity index (χ1) is 16.3. The summed E-state index contributed by atoms with van der Waals surface area (Å²) in [5.41, 5.74) is 6.66. The van der Waals surface area contributed by atoms with E-state index in [0.717, 1.165) is 50.9 Å². The molecule has 9 nitrogen and oxygen atoms in total. The summed E-state index contributed by atoms with van der Waals surface area (Å²) in [6.45, 7) is 9.22. The Morgan fingerprint density at radius 2 is 1.76 bits per heavy atom. The minimum atomic E-state index is 0.530. The molecule has 1 saturated heterocycles. The van der Waals surface area contributed by atoms with Crippen LogP contribution < -0.4 is 20.9 Å². The fraction of sp³-hybridized carbons (Fsp3) is 0.625. The summed E-state index contributed by atoms with van der Waals surface area (Å²) in [5, 5.41) is 3.32. The summed E-state index contributed by atoms with van der Waals surface area (Å²) in [4.78, 5) is 18.9. The number of benzene rings is 1. The Hall–Kier alpha value is -2.49. The molecule has 9 heteroatoms. The third-order valence-electron chi connectivity index (χ3n) is 5.45. The molecular formula is C24H39N7O2. The van der Waals surface area contributed by atoms with Crippen molar-refractivity contribution in [2.24, 2.45) is 5.73 Å². The molecule has 1 aliphatic rings. The standard InChI is InChI=1S/C24H39N7O2/c1-2-3-13-31(20-21-9-5-4-6-10-21)24-28-22(26-12-17-33-19-18-32-16-11-25)27-23(29-24)30-14-7-8-15-30/h4-6,9-10H,2-3,7-8,11-20,25H2,1H3,(H,26,27,28,29). The van der Waals surface area contributed by atoms with Gasteiger partial charge in [0.1, 0.15) is 0 Å². The molecule has 1 aliphatic heterocycles. The van der Waals surface area contributed by atoms with E-state index in [2.05, 4.69) is 46.3 Å². The second-order valence-electron chi connectivity index (χ2n) is 8.15. The molecular weight excluding hydrogens is 418 g/mol. The predicted octanol–water partition coefficient (Wildman–Crippen LogP) is 2.68. The fourth-order valence-corrected chi connectivity index (χ4v) is 3.68. The minimum Gasteiger partial charge on any atom is -0.378 e. The average Bonchev–Trinajstić information content (AvgIpc) is 3.39. The van der Waals surface area contributed by atoms with Gasteiger partial charge >= 0.3 is 0 Å². The molecule has 33 heavy (non-hydrogen) atoms. The van der Waals surface area contributed by atoms with E-state index < -0.39 is 0 Å². The average molecular weight is 458 g/mol. The van der Waals surface area contributed by atoms with E-state index in [1.165, 1.54) is 18.4 Å². The predicted molar refractivity (Wildman–Crippen MR) is 133 cm³/mol. The quantitative estimate of drug-likeness (QED) is 0.368. The van der Waals surface area contributed by atoms with Gasteiger partial charge in [-0.1, -0.05) is 43.7 Å². The van der Waals surface area contributed by atoms with Gasteiger partial charge in [0.15, 0.2) is 0 Å². The number of aromatic nitrogens is 3. The van der Waals surface area contributed by atoms with Gasteiger partial charge in [0.05, 0.1) is 26.4 Å². The summed E-state index contributed by atoms with van der Waals surface area (Å²) < 4.78 is 11.0. The summed E-state index contributed by atoms with van der Waals surface area (Å²) in [7, 11) is 0. The number of unbranched alkanes of at least 4 members (excludes halogenated alkanes) is 1. The first kappa shape index (κ1) is 25.1. The number of rotatable bonds is 16. The number of nitrogens with zero attached hydrogens (tertiary/aromatic N) is 5. The van der Waals surface area contributed by atoms with Gasteiger partial charge in [-0.05, 0) is 24.8 Å². The molecule has 2 aromatic rings. The Balaban J connectivity index is 1.68. The molecule has 0 radical (unpaired) electrons. The SMILES string of the molecule is CCCCN(Cc1ccccc1)c1nc(NCCOCCOCCN)nc(N2CCCC2)n1. The largest absolute Gasteiger partial charge is 0.378 e. The van der Waals surface area contributed by atoms with Gasteiger partial charge in [0, 0.05) is 39.3 Å². The number of ether oxygens (including phenoxy) is 2. The Morgan fingerprint density at radius 1 is 1.00 bits per heavy atom. The van der Waals surface area contributed by atoms with Gasteiger partial charge in [-0.15, -0.1) is 0 Å². The van der Waals surface area contributed by atoms with Crippen LogP contribution in [0.4, 0.5) is 17.8 Å². The molecule has 182 valence electrons. The van der Waals surface area contributed by atoms with E-state index >= 15 is 0 Å². The van der Waals surface area contributed by atoms with Crippen molar-refractivity contribution >= 4 is 17.8 Å². The van der Waals surface area contributed by atoms with Crippen LogP contribution in [0.5, 0.6) is 0 Å². The van der Waals surface area contributed by atoms with E-state index in [9.17, 15) is 0 Å². The van der Waals surface area contributed by atoms with E-state index in [-0.39, 0.29) is 0 Å². The highest BCUT2D eigenvalue weighted by Gasteiger charge is 2.20. The molecule has 0 unspecified atom stereocenters. The highest BCUT2D eigenvalue weighted by atomic mass is 16.5. The van der Waals surface area contributed by atoms with Crippen LogP contribution >= 0.6 is 0 Å². The summed E-state index contributed by atoms with van der Waals surface area (Å²) >= 11 is 0. The summed E-state index contributed by atoms with van der Waals surface area (Å²) in [6.07, 6.45) is 4.55. The molecule has 1 aromatic carbocycles. The molecule has 3 N–H and O–H groups in total. The normalized spacial score (nSPS) is 13.5. The number of nitrogens with two attached hydrogens (primary N) is 1. The minimum absolute atomic E-state index is 0.530. The van der Waals surface area contributed by atoms with E-state index in [1.54, 1.807) is 0 Å². The van der Waals surface area contributed by atoms with E-state index in [0.29, 0.717) is 45.5 Å². The molecule has 0 bridgehead atoms. The van der Waals surface area contributed by atoms with Gasteiger partial charge in [-0.25, -0.2) is 0 Å². The van der Waals surface area contributed by atoms with Gasteiger partial charge < -0.3 is 30.3 Å². The molecule has 3 rings (SSSR count). The third kappa shape index (κ3) is 8.75. The van der Waals surface area contributed by atoms with Crippen LogP contribution in [0, 0.1) is 0 Å². The summed E-state index contributed by atoms with van der Waals surface area (Å²) in [5.74, 6) is 2.08. The van der Waals surface area contributed by atoms with E-state index in [4.69, 9.17) is 30.2 Å². The molecule has 1 fully saturated rings. The van der Waals surface area contributed by atoms with Crippen LogP contribution in [0.2, 0.25) is 0 Å². The Kier molecular flexibility index (Phi) is 11.1. The molecule has 0 saturated carbocycles. The van der Waals surface area contributed by atoms with Gasteiger partial charge in [0.2, 0.25) is 17.8 Å². The van der Waals surface area contributed by atoms with Crippen LogP contribution in [0.25, 0.3) is 0 Å². The summed E-state index contributed by atoms with van der Waals surface area (Å²) in [6, 6.07) is 10.5. The van der Waals surface area contributed by atoms with Crippen molar-refractivity contribution in [2.45, 2.75) is 39.2 Å². The van der Waals surface area contributed by atoms with Crippen LogP contribution in [0.3, 0.4) is 0 Å². The van der Waals surface area contributed by atoms with Crippen LogP contribution in [-0.2, 0) is 16.0 Å². The molecule has 0 aliphatic carbocycles. The maximum absolute atomic E-state index is 5.62. The van der Waals surface area contributed by atoms with Crippen molar-refractivity contribution in [2.75, 3.05) is 74.3 Å². The van der Waals surface area contributed by atoms with Crippen molar-refractivity contribution in [3.63, 3.8) is 0 Å². The topological polar surface area (TPSA) is 102 Å². The zero-order chi connectivity index (χ0) is 23.1. The van der Waals surface area contributed by atoms with Crippen molar-refractivity contribution in [1.82, 2.24) is 15.0 Å². The molecule has 0 spiro atoms. The lowest BCUT2D eigenvalue weighted by atomic mass is 10.2. The Morgan fingerprint density at radius 3 is 2.48 bits per heavy atom. The smallest absolute Gasteiger partial charge is 0.232 e. The molecule has 0 atom stereocenters. The van der Waals surface area contributed by atoms with Gasteiger partial charge in [-0.3, -0.25) is 0 Å². The van der Waals surface area contributed by atoms with Crippen molar-refractivity contribution < 1.29 is 9.47 Å². The number of hydrogen-bond donors (Lipinski definition) is 2. The van der Waals surface area contributed by atoms with Crippen LogP contribution in [-0.4, -0.2) is 74.1 Å². The Labute approximate surface area is 197 Å². The number of nitrogens with one attached hydrogen (secondary N) is 1. The molecule has 0 amide bonds. The molecule has 2 heterocycles. The fourth-order valence-electron chi connectivity index (χ4n) is 3.68. The highest BCUT2D eigenvalue weighted by Crippen LogP contribution is 2.22. The highest BCUT2D eigenvalue weighted by molar-refractivity contribution is 5.46. The van der Waals surface area contributed by atoms with Crippen molar-refractivity contribution in [3.05, 3.63) is 35.9 Å². The maximum Gasteiger partial charge on any atom is 0.232 e. The second-order valence-corrected chi connectivity index (χ2v) is 8.15. The lowest BCUT2D eigenvalue weighted by molar-refractivity contribution is 0.0547. The van der Waals surface area contributed by atoms with Crippen LogP contribution in [0.1, 0.15) is 38.2 Å². The van der Waals surface area contributed by atoms with Crippen LogP contribution in [0.15, 0.2) is 30.3 Å².